The molecule has 0 spiro atoms. The van der Waals surface area contributed by atoms with Gasteiger partial charge in [0.1, 0.15) is 0 Å². The summed E-state index contributed by atoms with van der Waals surface area (Å²) in [7, 11) is 1.59. The minimum absolute atomic E-state index is 0.0750. The van der Waals surface area contributed by atoms with E-state index >= 15 is 0 Å². The van der Waals surface area contributed by atoms with Crippen molar-refractivity contribution in [2.45, 2.75) is 32.2 Å². The van der Waals surface area contributed by atoms with E-state index in [1.807, 2.05) is 17.0 Å². The number of fused-ring (bicyclic) bond motifs is 1. The van der Waals surface area contributed by atoms with Gasteiger partial charge in [0.2, 0.25) is 0 Å². The van der Waals surface area contributed by atoms with Crippen LogP contribution in [0, 0.1) is 0 Å². The maximum Gasteiger partial charge on any atom is 0.275 e. The Morgan fingerprint density at radius 2 is 1.95 bits per heavy atom. The summed E-state index contributed by atoms with van der Waals surface area (Å²) in [4.78, 5) is 26.8. The van der Waals surface area contributed by atoms with Gasteiger partial charge in [0.05, 0.1) is 5.39 Å². The van der Waals surface area contributed by atoms with Gasteiger partial charge in [-0.05, 0) is 32.3 Å². The lowest BCUT2D eigenvalue weighted by Gasteiger charge is -2.33. The van der Waals surface area contributed by atoms with Crippen molar-refractivity contribution in [3.8, 4) is 0 Å². The van der Waals surface area contributed by atoms with Gasteiger partial charge in [-0.1, -0.05) is 18.2 Å². The number of piperidine rings is 1. The number of carbonyl (C=O) groups is 1. The standard InChI is InChI=1S/C16H19N3O2/c1-11-7-5-6-10-19(11)16(21)14-12-8-3-4-9-13(12)15(20)18(2)17-14/h3-4,8-9,11H,5-7,10H2,1-2H3/t11-/m1/s1. The van der Waals surface area contributed by atoms with Crippen molar-refractivity contribution in [1.29, 1.82) is 0 Å². The molecule has 1 aliphatic rings. The maximum atomic E-state index is 12.8. The summed E-state index contributed by atoms with van der Waals surface area (Å²) in [5.41, 5.74) is 0.204. The Morgan fingerprint density at radius 3 is 2.67 bits per heavy atom. The molecule has 2 heterocycles. The fraction of sp³-hybridized carbons (Fsp3) is 0.438. The molecule has 1 saturated heterocycles. The monoisotopic (exact) mass is 285 g/mol. The fourth-order valence-electron chi connectivity index (χ4n) is 2.99. The number of aryl methyl sites for hydroxylation is 1. The van der Waals surface area contributed by atoms with Crippen LogP contribution >= 0.6 is 0 Å². The minimum Gasteiger partial charge on any atom is -0.335 e. The molecule has 3 rings (SSSR count). The lowest BCUT2D eigenvalue weighted by molar-refractivity contribution is 0.0629. The molecule has 1 fully saturated rings. The molecule has 5 heteroatoms. The number of likely N-dealkylation sites (tertiary alicyclic amines) is 1. The van der Waals surface area contributed by atoms with Gasteiger partial charge >= 0.3 is 0 Å². The van der Waals surface area contributed by atoms with Crippen molar-refractivity contribution in [3.63, 3.8) is 0 Å². The zero-order valence-electron chi connectivity index (χ0n) is 12.4. The molecule has 1 aliphatic heterocycles. The average molecular weight is 285 g/mol. The van der Waals surface area contributed by atoms with Crippen LogP contribution in [-0.2, 0) is 7.05 Å². The Hall–Kier alpha value is -2.17. The molecular formula is C16H19N3O2. The predicted molar refractivity (Wildman–Crippen MR) is 81.3 cm³/mol. The van der Waals surface area contributed by atoms with Crippen LogP contribution in [0.25, 0.3) is 10.8 Å². The largest absolute Gasteiger partial charge is 0.335 e. The summed E-state index contributed by atoms with van der Waals surface area (Å²) in [6, 6.07) is 7.41. The van der Waals surface area contributed by atoms with Crippen molar-refractivity contribution in [3.05, 3.63) is 40.3 Å². The number of carbonyl (C=O) groups excluding carboxylic acids is 1. The Morgan fingerprint density at radius 1 is 1.24 bits per heavy atom. The fourth-order valence-corrected chi connectivity index (χ4v) is 2.99. The Bertz CT molecular complexity index is 751. The van der Waals surface area contributed by atoms with E-state index in [-0.39, 0.29) is 17.5 Å². The molecule has 0 unspecified atom stereocenters. The van der Waals surface area contributed by atoms with Crippen LogP contribution in [0.1, 0.15) is 36.7 Å². The topological polar surface area (TPSA) is 55.2 Å². The number of hydrogen-bond acceptors (Lipinski definition) is 3. The van der Waals surface area contributed by atoms with Crippen LogP contribution in [-0.4, -0.2) is 33.2 Å². The third kappa shape index (κ3) is 2.33. The van der Waals surface area contributed by atoms with E-state index in [9.17, 15) is 9.59 Å². The molecule has 0 aliphatic carbocycles. The van der Waals surface area contributed by atoms with Gasteiger partial charge in [-0.15, -0.1) is 0 Å². The lowest BCUT2D eigenvalue weighted by Crippen LogP contribution is -2.43. The number of hydrogen-bond donors (Lipinski definition) is 0. The quantitative estimate of drug-likeness (QED) is 0.804. The van der Waals surface area contributed by atoms with Crippen LogP contribution < -0.4 is 5.56 Å². The summed E-state index contributed by atoms with van der Waals surface area (Å²) in [5, 5.41) is 5.41. The summed E-state index contributed by atoms with van der Waals surface area (Å²) in [6.45, 7) is 2.83. The SMILES string of the molecule is C[C@@H]1CCCCN1C(=O)c1nn(C)c(=O)c2ccccc12. The summed E-state index contributed by atoms with van der Waals surface area (Å²) >= 11 is 0. The highest BCUT2D eigenvalue weighted by atomic mass is 16.2. The van der Waals surface area contributed by atoms with Crippen LogP contribution in [0.2, 0.25) is 0 Å². The number of aromatic nitrogens is 2. The normalized spacial score (nSPS) is 19.0. The molecule has 0 N–H and O–H groups in total. The van der Waals surface area contributed by atoms with Crippen molar-refractivity contribution in [2.24, 2.45) is 7.05 Å². The maximum absolute atomic E-state index is 12.8. The van der Waals surface area contributed by atoms with Gasteiger partial charge in [-0.2, -0.15) is 5.10 Å². The highest BCUT2D eigenvalue weighted by Crippen LogP contribution is 2.21. The third-order valence-corrected chi connectivity index (χ3v) is 4.22. The van der Waals surface area contributed by atoms with E-state index in [1.165, 1.54) is 4.68 Å². The first-order chi connectivity index (χ1) is 10.1. The molecule has 0 radical (unpaired) electrons. The van der Waals surface area contributed by atoms with Crippen LogP contribution in [0.4, 0.5) is 0 Å². The number of benzene rings is 1. The number of nitrogens with zero attached hydrogens (tertiary/aromatic N) is 3. The first-order valence-electron chi connectivity index (χ1n) is 7.36. The van der Waals surface area contributed by atoms with Crippen molar-refractivity contribution < 1.29 is 4.79 Å². The molecule has 1 aromatic heterocycles. The Labute approximate surface area is 123 Å². The molecule has 1 amide bonds. The Balaban J connectivity index is 2.14. The van der Waals surface area contributed by atoms with Gasteiger partial charge in [-0.25, -0.2) is 4.68 Å². The van der Waals surface area contributed by atoms with E-state index in [0.717, 1.165) is 25.8 Å². The first-order valence-corrected chi connectivity index (χ1v) is 7.36. The smallest absolute Gasteiger partial charge is 0.275 e. The average Bonchev–Trinajstić information content (AvgIpc) is 2.51. The van der Waals surface area contributed by atoms with Crippen molar-refractivity contribution in [2.75, 3.05) is 6.54 Å². The molecule has 110 valence electrons. The number of amides is 1. The molecule has 21 heavy (non-hydrogen) atoms. The van der Waals surface area contributed by atoms with E-state index in [4.69, 9.17) is 0 Å². The lowest BCUT2D eigenvalue weighted by atomic mass is 10.0. The Kier molecular flexibility index (Phi) is 3.49. The number of rotatable bonds is 1. The van der Waals surface area contributed by atoms with Gasteiger partial charge in [0.25, 0.3) is 11.5 Å². The second-order valence-corrected chi connectivity index (χ2v) is 5.67. The van der Waals surface area contributed by atoms with Gasteiger partial charge in [0, 0.05) is 25.0 Å². The van der Waals surface area contributed by atoms with E-state index in [0.29, 0.717) is 16.5 Å². The summed E-state index contributed by atoms with van der Waals surface area (Å²) in [6.07, 6.45) is 3.21. The minimum atomic E-state index is -0.172. The van der Waals surface area contributed by atoms with Crippen molar-refractivity contribution >= 4 is 16.7 Å². The molecular weight excluding hydrogens is 266 g/mol. The van der Waals surface area contributed by atoms with E-state index in [2.05, 4.69) is 12.0 Å². The van der Waals surface area contributed by atoms with Gasteiger partial charge < -0.3 is 4.90 Å². The van der Waals surface area contributed by atoms with E-state index < -0.39 is 0 Å². The zero-order chi connectivity index (χ0) is 15.0. The van der Waals surface area contributed by atoms with Crippen LogP contribution in [0.3, 0.4) is 0 Å². The second kappa shape index (κ2) is 5.31. The molecule has 0 saturated carbocycles. The third-order valence-electron chi connectivity index (χ3n) is 4.22. The molecule has 1 atom stereocenters. The predicted octanol–water partition coefficient (Wildman–Crippen LogP) is 1.95. The van der Waals surface area contributed by atoms with E-state index in [1.54, 1.807) is 19.2 Å². The highest BCUT2D eigenvalue weighted by molar-refractivity contribution is 6.04. The van der Waals surface area contributed by atoms with Crippen LogP contribution in [0.15, 0.2) is 29.1 Å². The zero-order valence-corrected chi connectivity index (χ0v) is 12.4. The van der Waals surface area contributed by atoms with Crippen molar-refractivity contribution in [1.82, 2.24) is 14.7 Å². The molecule has 1 aromatic carbocycles. The summed E-state index contributed by atoms with van der Waals surface area (Å²) in [5.74, 6) is -0.0750. The van der Waals surface area contributed by atoms with Gasteiger partial charge in [-0.3, -0.25) is 9.59 Å². The second-order valence-electron chi connectivity index (χ2n) is 5.67. The molecule has 0 bridgehead atoms. The van der Waals surface area contributed by atoms with Crippen LogP contribution in [0.5, 0.6) is 0 Å². The molecule has 2 aromatic rings. The molecule has 5 nitrogen and oxygen atoms in total. The van der Waals surface area contributed by atoms with Gasteiger partial charge in [0.15, 0.2) is 5.69 Å². The summed E-state index contributed by atoms with van der Waals surface area (Å²) < 4.78 is 1.25. The highest BCUT2D eigenvalue weighted by Gasteiger charge is 2.27. The first kappa shape index (κ1) is 13.8.